The summed E-state index contributed by atoms with van der Waals surface area (Å²) in [6, 6.07) is 0. The lowest BCUT2D eigenvalue weighted by Gasteiger charge is -2.15. The Hall–Kier alpha value is -1.37. The summed E-state index contributed by atoms with van der Waals surface area (Å²) in [5.74, 6) is 0. The smallest absolute Gasteiger partial charge is 0.0692 e. The Labute approximate surface area is 92.6 Å². The monoisotopic (exact) mass is 201 g/mol. The fourth-order valence-electron chi connectivity index (χ4n) is 1.75. The zero-order chi connectivity index (χ0) is 11.7. The standard InChI is InChI=1S/C14H19N/c1-8(2)13-11(6)10(5)12(7)14(15-13)9(3)4/h1,3H2,2,4-7H3. The van der Waals surface area contributed by atoms with Crippen molar-refractivity contribution >= 4 is 11.1 Å². The molecule has 0 spiro atoms. The van der Waals surface area contributed by atoms with Gasteiger partial charge in [0, 0.05) is 0 Å². The molecule has 0 aromatic carbocycles. The number of pyridine rings is 1. The first-order valence-corrected chi connectivity index (χ1v) is 5.15. The number of hydrogen-bond acceptors (Lipinski definition) is 1. The topological polar surface area (TPSA) is 12.9 Å². The Kier molecular flexibility index (Phi) is 3.13. The Morgan fingerprint density at radius 1 is 0.800 bits per heavy atom. The highest BCUT2D eigenvalue weighted by Gasteiger charge is 2.11. The van der Waals surface area contributed by atoms with Crippen LogP contribution in [0.3, 0.4) is 0 Å². The van der Waals surface area contributed by atoms with Gasteiger partial charge in [0.25, 0.3) is 0 Å². The number of nitrogens with zero attached hydrogens (tertiary/aromatic N) is 1. The molecule has 0 fully saturated rings. The van der Waals surface area contributed by atoms with E-state index in [2.05, 4.69) is 38.9 Å². The first kappa shape index (κ1) is 11.7. The first-order chi connectivity index (χ1) is 6.86. The number of hydrogen-bond donors (Lipinski definition) is 0. The Morgan fingerprint density at radius 2 is 1.13 bits per heavy atom. The molecule has 0 aliphatic carbocycles. The molecule has 15 heavy (non-hydrogen) atoms. The predicted molar refractivity (Wildman–Crippen MR) is 67.9 cm³/mol. The average Bonchev–Trinajstić information content (AvgIpc) is 2.13. The molecule has 0 saturated heterocycles. The van der Waals surface area contributed by atoms with Crippen LogP contribution >= 0.6 is 0 Å². The SMILES string of the molecule is C=C(C)c1nc(C(=C)C)c(C)c(C)c1C. The zero-order valence-corrected chi connectivity index (χ0v) is 10.4. The van der Waals surface area contributed by atoms with Crippen LogP contribution in [0.4, 0.5) is 0 Å². The minimum absolute atomic E-state index is 1.01. The van der Waals surface area contributed by atoms with Crippen LogP contribution in [-0.4, -0.2) is 4.98 Å². The summed E-state index contributed by atoms with van der Waals surface area (Å²) in [5.41, 5.74) is 7.79. The molecule has 0 aliphatic rings. The van der Waals surface area contributed by atoms with Crippen LogP contribution in [0.5, 0.6) is 0 Å². The number of aromatic nitrogens is 1. The van der Waals surface area contributed by atoms with Gasteiger partial charge in [0.15, 0.2) is 0 Å². The summed E-state index contributed by atoms with van der Waals surface area (Å²) < 4.78 is 0. The molecule has 0 N–H and O–H groups in total. The maximum Gasteiger partial charge on any atom is 0.0692 e. The average molecular weight is 201 g/mol. The van der Waals surface area contributed by atoms with Crippen LogP contribution in [0.25, 0.3) is 11.1 Å². The fourth-order valence-corrected chi connectivity index (χ4v) is 1.75. The first-order valence-electron chi connectivity index (χ1n) is 5.15. The van der Waals surface area contributed by atoms with Gasteiger partial charge in [-0.1, -0.05) is 13.2 Å². The highest BCUT2D eigenvalue weighted by Crippen LogP contribution is 2.25. The molecule has 0 saturated carbocycles. The van der Waals surface area contributed by atoms with E-state index in [0.29, 0.717) is 0 Å². The molecule has 1 rings (SSSR count). The molecular weight excluding hydrogens is 182 g/mol. The second-order valence-corrected chi connectivity index (χ2v) is 4.24. The molecular formula is C14H19N. The second kappa shape index (κ2) is 4.01. The molecule has 0 bridgehead atoms. The van der Waals surface area contributed by atoms with Crippen LogP contribution < -0.4 is 0 Å². The maximum absolute atomic E-state index is 4.63. The third-order valence-corrected chi connectivity index (χ3v) is 2.87. The van der Waals surface area contributed by atoms with Crippen molar-refractivity contribution in [3.63, 3.8) is 0 Å². The van der Waals surface area contributed by atoms with Crippen LogP contribution in [-0.2, 0) is 0 Å². The molecule has 1 aromatic rings. The van der Waals surface area contributed by atoms with Crippen molar-refractivity contribution in [1.29, 1.82) is 0 Å². The normalized spacial score (nSPS) is 10.2. The second-order valence-electron chi connectivity index (χ2n) is 4.24. The Balaban J connectivity index is 3.59. The molecule has 0 aliphatic heterocycles. The van der Waals surface area contributed by atoms with Gasteiger partial charge in [0.05, 0.1) is 11.4 Å². The minimum Gasteiger partial charge on any atom is -0.248 e. The maximum atomic E-state index is 4.63. The van der Waals surface area contributed by atoms with Crippen molar-refractivity contribution in [1.82, 2.24) is 4.98 Å². The van der Waals surface area contributed by atoms with Gasteiger partial charge in [-0.05, 0) is 62.5 Å². The van der Waals surface area contributed by atoms with Crippen LogP contribution in [0, 0.1) is 20.8 Å². The molecule has 1 aromatic heterocycles. The van der Waals surface area contributed by atoms with Gasteiger partial charge in [-0.3, -0.25) is 0 Å². The third kappa shape index (κ3) is 2.01. The van der Waals surface area contributed by atoms with E-state index >= 15 is 0 Å². The van der Waals surface area contributed by atoms with Crippen molar-refractivity contribution in [2.45, 2.75) is 34.6 Å². The van der Waals surface area contributed by atoms with E-state index in [0.717, 1.165) is 22.5 Å². The third-order valence-electron chi connectivity index (χ3n) is 2.87. The lowest BCUT2D eigenvalue weighted by molar-refractivity contribution is 1.10. The summed E-state index contributed by atoms with van der Waals surface area (Å²) in [4.78, 5) is 4.63. The zero-order valence-electron chi connectivity index (χ0n) is 10.4. The molecule has 1 nitrogen and oxygen atoms in total. The van der Waals surface area contributed by atoms with Crippen LogP contribution in [0.15, 0.2) is 13.2 Å². The molecule has 1 heterocycles. The lowest BCUT2D eigenvalue weighted by atomic mass is 9.97. The minimum atomic E-state index is 1.01. The summed E-state index contributed by atoms with van der Waals surface area (Å²) in [6.45, 7) is 18.2. The van der Waals surface area contributed by atoms with Gasteiger partial charge in [-0.25, -0.2) is 4.98 Å². The van der Waals surface area contributed by atoms with E-state index in [4.69, 9.17) is 0 Å². The summed E-state index contributed by atoms with van der Waals surface area (Å²) in [6.07, 6.45) is 0. The van der Waals surface area contributed by atoms with Crippen LogP contribution in [0.1, 0.15) is 41.9 Å². The Bertz CT molecular complexity index is 401. The van der Waals surface area contributed by atoms with Gasteiger partial charge < -0.3 is 0 Å². The lowest BCUT2D eigenvalue weighted by Crippen LogP contribution is -2.02. The molecule has 0 atom stereocenters. The van der Waals surface area contributed by atoms with E-state index in [1.807, 2.05) is 13.8 Å². The van der Waals surface area contributed by atoms with Crippen molar-refractivity contribution in [3.05, 3.63) is 41.2 Å². The van der Waals surface area contributed by atoms with E-state index in [1.54, 1.807) is 0 Å². The Morgan fingerprint density at radius 3 is 1.40 bits per heavy atom. The van der Waals surface area contributed by atoms with Crippen molar-refractivity contribution < 1.29 is 0 Å². The summed E-state index contributed by atoms with van der Waals surface area (Å²) in [5, 5.41) is 0. The van der Waals surface area contributed by atoms with Gasteiger partial charge in [-0.2, -0.15) is 0 Å². The van der Waals surface area contributed by atoms with Gasteiger partial charge in [0.1, 0.15) is 0 Å². The summed E-state index contributed by atoms with van der Waals surface area (Å²) in [7, 11) is 0. The number of rotatable bonds is 2. The van der Waals surface area contributed by atoms with Crippen molar-refractivity contribution in [2.75, 3.05) is 0 Å². The molecule has 0 radical (unpaired) electrons. The molecule has 0 unspecified atom stereocenters. The molecule has 80 valence electrons. The van der Waals surface area contributed by atoms with E-state index < -0.39 is 0 Å². The molecule has 1 heteroatoms. The van der Waals surface area contributed by atoms with Gasteiger partial charge in [-0.15, -0.1) is 0 Å². The van der Waals surface area contributed by atoms with Crippen molar-refractivity contribution in [3.8, 4) is 0 Å². The largest absolute Gasteiger partial charge is 0.248 e. The predicted octanol–water partition coefficient (Wildman–Crippen LogP) is 4.07. The van der Waals surface area contributed by atoms with E-state index in [-0.39, 0.29) is 0 Å². The molecule has 0 amide bonds. The van der Waals surface area contributed by atoms with Crippen LogP contribution in [0.2, 0.25) is 0 Å². The quantitative estimate of drug-likeness (QED) is 0.702. The van der Waals surface area contributed by atoms with Gasteiger partial charge >= 0.3 is 0 Å². The summed E-state index contributed by atoms with van der Waals surface area (Å²) >= 11 is 0. The highest BCUT2D eigenvalue weighted by atomic mass is 14.7. The highest BCUT2D eigenvalue weighted by molar-refractivity contribution is 5.69. The fraction of sp³-hybridized carbons (Fsp3) is 0.357. The number of allylic oxidation sites excluding steroid dienone is 2. The van der Waals surface area contributed by atoms with E-state index in [1.165, 1.54) is 16.7 Å². The van der Waals surface area contributed by atoms with E-state index in [9.17, 15) is 0 Å². The van der Waals surface area contributed by atoms with Crippen molar-refractivity contribution in [2.24, 2.45) is 0 Å². The van der Waals surface area contributed by atoms with Gasteiger partial charge in [0.2, 0.25) is 0 Å².